The lowest BCUT2D eigenvalue weighted by Crippen LogP contribution is -2.40. The van der Waals surface area contributed by atoms with Crippen LogP contribution in [0.25, 0.3) is 0 Å². The van der Waals surface area contributed by atoms with E-state index in [1.165, 1.54) is 19.4 Å². The van der Waals surface area contributed by atoms with Crippen LogP contribution in [0.3, 0.4) is 0 Å². The number of rotatable bonds is 4. The van der Waals surface area contributed by atoms with Crippen molar-refractivity contribution in [1.29, 1.82) is 0 Å². The number of hydrogen-bond donors (Lipinski definition) is 0. The highest BCUT2D eigenvalue weighted by Crippen LogP contribution is 2.11. The molecule has 0 bridgehead atoms. The van der Waals surface area contributed by atoms with E-state index in [0.29, 0.717) is 0 Å². The largest absolute Gasteiger partial charge is 0.301 e. The molecule has 0 spiro atoms. The van der Waals surface area contributed by atoms with Crippen LogP contribution < -0.4 is 0 Å². The molecular formula is C10H21NOS. The van der Waals surface area contributed by atoms with Gasteiger partial charge in [-0.2, -0.15) is 0 Å². The minimum Gasteiger partial charge on any atom is -0.301 e. The van der Waals surface area contributed by atoms with E-state index < -0.39 is 10.8 Å². The van der Waals surface area contributed by atoms with Gasteiger partial charge >= 0.3 is 0 Å². The zero-order valence-electron chi connectivity index (χ0n) is 8.79. The molecule has 0 aliphatic carbocycles. The van der Waals surface area contributed by atoms with Crippen molar-refractivity contribution in [2.45, 2.75) is 26.7 Å². The summed E-state index contributed by atoms with van der Waals surface area (Å²) in [6.07, 6.45) is 2.55. The van der Waals surface area contributed by atoms with E-state index in [1.54, 1.807) is 0 Å². The molecule has 1 rings (SSSR count). The Bertz CT molecular complexity index is 158. The van der Waals surface area contributed by atoms with Gasteiger partial charge in [0.1, 0.15) is 0 Å². The van der Waals surface area contributed by atoms with Gasteiger partial charge in [0.05, 0.1) is 0 Å². The molecule has 0 saturated carbocycles. The van der Waals surface area contributed by atoms with Crippen LogP contribution in [0.1, 0.15) is 26.7 Å². The lowest BCUT2D eigenvalue weighted by Gasteiger charge is -2.29. The summed E-state index contributed by atoms with van der Waals surface area (Å²) in [5.74, 6) is 2.62. The highest BCUT2D eigenvalue weighted by molar-refractivity contribution is 7.85. The molecule has 0 N–H and O–H groups in total. The lowest BCUT2D eigenvalue weighted by molar-refractivity contribution is 0.242. The molecule has 1 aliphatic heterocycles. The summed E-state index contributed by atoms with van der Waals surface area (Å²) in [6.45, 7) is 7.82. The summed E-state index contributed by atoms with van der Waals surface area (Å²) in [5, 5.41) is 0. The van der Waals surface area contributed by atoms with Crippen molar-refractivity contribution in [1.82, 2.24) is 4.90 Å². The zero-order valence-corrected chi connectivity index (χ0v) is 9.61. The Morgan fingerprint density at radius 3 is 2.23 bits per heavy atom. The average Bonchev–Trinajstić information content (AvgIpc) is 2.17. The second kappa shape index (κ2) is 5.76. The van der Waals surface area contributed by atoms with E-state index in [0.717, 1.165) is 30.5 Å². The quantitative estimate of drug-likeness (QED) is 0.690. The van der Waals surface area contributed by atoms with Crippen LogP contribution in [0.5, 0.6) is 0 Å². The smallest absolute Gasteiger partial charge is 0.0363 e. The van der Waals surface area contributed by atoms with Crippen molar-refractivity contribution >= 4 is 10.8 Å². The molecule has 0 aromatic heterocycles. The minimum atomic E-state index is -0.521. The Morgan fingerprint density at radius 1 is 1.23 bits per heavy atom. The van der Waals surface area contributed by atoms with Crippen LogP contribution in [0.15, 0.2) is 0 Å². The van der Waals surface area contributed by atoms with Crippen molar-refractivity contribution in [2.75, 3.05) is 31.1 Å². The maximum Gasteiger partial charge on any atom is 0.0363 e. The fraction of sp³-hybridized carbons (Fsp3) is 1.00. The highest BCUT2D eigenvalue weighted by atomic mass is 32.2. The molecule has 13 heavy (non-hydrogen) atoms. The summed E-state index contributed by atoms with van der Waals surface area (Å²) in [7, 11) is -0.521. The van der Waals surface area contributed by atoms with Crippen molar-refractivity contribution in [3.05, 3.63) is 0 Å². The molecule has 1 aliphatic rings. The van der Waals surface area contributed by atoms with E-state index in [4.69, 9.17) is 0 Å². The maximum absolute atomic E-state index is 11.1. The van der Waals surface area contributed by atoms with Gasteiger partial charge in [0, 0.05) is 41.9 Å². The summed E-state index contributed by atoms with van der Waals surface area (Å²) in [5.41, 5.74) is 0. The Hall–Kier alpha value is 0.110. The molecule has 1 heterocycles. The molecule has 1 saturated heterocycles. The molecule has 0 atom stereocenters. The third kappa shape index (κ3) is 3.77. The van der Waals surface area contributed by atoms with Gasteiger partial charge in [-0.15, -0.1) is 0 Å². The molecule has 0 radical (unpaired) electrons. The first-order valence-corrected chi connectivity index (χ1v) is 6.82. The standard InChI is InChI=1S/C10H21NOS/c1-3-10(4-2)9-11-5-7-13(12)8-6-11/h10H,3-9H2,1-2H3. The molecule has 1 fully saturated rings. The normalized spacial score (nSPS) is 21.2. The van der Waals surface area contributed by atoms with Gasteiger partial charge in [0.25, 0.3) is 0 Å². The first-order chi connectivity index (χ1) is 6.26. The molecule has 0 aromatic rings. The van der Waals surface area contributed by atoms with Crippen molar-refractivity contribution in [2.24, 2.45) is 5.92 Å². The van der Waals surface area contributed by atoms with Gasteiger partial charge in [-0.05, 0) is 5.92 Å². The zero-order chi connectivity index (χ0) is 9.68. The lowest BCUT2D eigenvalue weighted by atomic mass is 10.0. The van der Waals surface area contributed by atoms with Gasteiger partial charge in [-0.25, -0.2) is 0 Å². The van der Waals surface area contributed by atoms with Crippen molar-refractivity contribution in [3.63, 3.8) is 0 Å². The Labute approximate surface area is 84.2 Å². The Kier molecular flexibility index (Phi) is 4.96. The first-order valence-electron chi connectivity index (χ1n) is 5.33. The summed E-state index contributed by atoms with van der Waals surface area (Å²) in [6, 6.07) is 0. The van der Waals surface area contributed by atoms with Gasteiger partial charge < -0.3 is 4.90 Å². The predicted octanol–water partition coefficient (Wildman–Crippen LogP) is 1.49. The Morgan fingerprint density at radius 2 is 1.77 bits per heavy atom. The van der Waals surface area contributed by atoms with Crippen molar-refractivity contribution < 1.29 is 4.21 Å². The van der Waals surface area contributed by atoms with Crippen LogP contribution in [0, 0.1) is 5.92 Å². The minimum absolute atomic E-state index is 0.521. The topological polar surface area (TPSA) is 20.3 Å². The van der Waals surface area contributed by atoms with E-state index in [1.807, 2.05) is 0 Å². The Balaban J connectivity index is 2.24. The predicted molar refractivity (Wildman–Crippen MR) is 58.4 cm³/mol. The average molecular weight is 203 g/mol. The molecule has 2 nitrogen and oxygen atoms in total. The maximum atomic E-state index is 11.1. The monoisotopic (exact) mass is 203 g/mol. The SMILES string of the molecule is CCC(CC)CN1CCS(=O)CC1. The molecule has 0 unspecified atom stereocenters. The fourth-order valence-electron chi connectivity index (χ4n) is 1.77. The van der Waals surface area contributed by atoms with Gasteiger partial charge in [0.2, 0.25) is 0 Å². The third-order valence-corrected chi connectivity index (χ3v) is 4.22. The van der Waals surface area contributed by atoms with Gasteiger partial charge in [-0.1, -0.05) is 26.7 Å². The van der Waals surface area contributed by atoms with Crippen LogP contribution in [-0.2, 0) is 10.8 Å². The van der Waals surface area contributed by atoms with Gasteiger partial charge in [-0.3, -0.25) is 4.21 Å². The third-order valence-electron chi connectivity index (χ3n) is 2.94. The summed E-state index contributed by atoms with van der Waals surface area (Å²) >= 11 is 0. The van der Waals surface area contributed by atoms with Crippen LogP contribution in [0.4, 0.5) is 0 Å². The van der Waals surface area contributed by atoms with Gasteiger partial charge in [0.15, 0.2) is 0 Å². The van der Waals surface area contributed by atoms with Crippen molar-refractivity contribution in [3.8, 4) is 0 Å². The molecular weight excluding hydrogens is 182 g/mol. The number of nitrogens with zero attached hydrogens (tertiary/aromatic N) is 1. The van der Waals surface area contributed by atoms with E-state index in [9.17, 15) is 4.21 Å². The van der Waals surface area contributed by atoms with E-state index >= 15 is 0 Å². The van der Waals surface area contributed by atoms with Crippen LogP contribution >= 0.6 is 0 Å². The van der Waals surface area contributed by atoms with Crippen LogP contribution in [-0.4, -0.2) is 40.2 Å². The van der Waals surface area contributed by atoms with E-state index in [2.05, 4.69) is 18.7 Å². The second-order valence-corrected chi connectivity index (χ2v) is 5.53. The molecule has 0 amide bonds. The number of hydrogen-bond acceptors (Lipinski definition) is 2. The highest BCUT2D eigenvalue weighted by Gasteiger charge is 2.17. The van der Waals surface area contributed by atoms with E-state index in [-0.39, 0.29) is 0 Å². The molecule has 78 valence electrons. The molecule has 3 heteroatoms. The first kappa shape index (κ1) is 11.2. The van der Waals surface area contributed by atoms with Crippen LogP contribution in [0.2, 0.25) is 0 Å². The summed E-state index contributed by atoms with van der Waals surface area (Å²) < 4.78 is 11.1. The summed E-state index contributed by atoms with van der Waals surface area (Å²) in [4.78, 5) is 2.47. The fourth-order valence-corrected chi connectivity index (χ4v) is 2.90. The molecule has 0 aromatic carbocycles. The second-order valence-electron chi connectivity index (χ2n) is 3.83.